The van der Waals surface area contributed by atoms with Gasteiger partial charge >= 0.3 is 6.18 Å². The third-order valence-corrected chi connectivity index (χ3v) is 19.7. The van der Waals surface area contributed by atoms with Crippen LogP contribution >= 0.6 is 0 Å². The highest BCUT2D eigenvalue weighted by Gasteiger charge is 2.46. The molecule has 82 heavy (non-hydrogen) atoms. The molecular formula is C78H115F3Si. The molecule has 0 atom stereocenters. The number of hydrogen-bond donors (Lipinski definition) is 0. The predicted molar refractivity (Wildman–Crippen MR) is 364 cm³/mol. The zero-order chi connectivity index (χ0) is 62.9. The van der Waals surface area contributed by atoms with E-state index >= 15 is 0 Å². The van der Waals surface area contributed by atoms with Gasteiger partial charge in [-0.1, -0.05) is 349 Å². The molecule has 7 aromatic rings. The van der Waals surface area contributed by atoms with Gasteiger partial charge < -0.3 is 0 Å². The molecule has 0 bridgehead atoms. The number of aryl methyl sites for hydroxylation is 8. The van der Waals surface area contributed by atoms with E-state index in [1.54, 1.807) is 12.1 Å². The zero-order valence-electron chi connectivity index (χ0n) is 56.3. The van der Waals surface area contributed by atoms with Gasteiger partial charge in [-0.3, -0.25) is 0 Å². The van der Waals surface area contributed by atoms with Crippen LogP contribution in [0.15, 0.2) is 176 Å². The van der Waals surface area contributed by atoms with Crippen molar-refractivity contribution < 1.29 is 13.2 Å². The Kier molecular flexibility index (Phi) is 35.9. The van der Waals surface area contributed by atoms with Crippen molar-refractivity contribution in [2.24, 2.45) is 16.7 Å². The summed E-state index contributed by atoms with van der Waals surface area (Å²) >= 11 is 0. The molecule has 7 aromatic carbocycles. The fourth-order valence-corrected chi connectivity index (χ4v) is 9.26. The summed E-state index contributed by atoms with van der Waals surface area (Å²) in [6.45, 7) is 51.1. The van der Waals surface area contributed by atoms with Crippen LogP contribution < -0.4 is 0 Å². The van der Waals surface area contributed by atoms with Crippen LogP contribution in [0.4, 0.5) is 13.2 Å². The van der Waals surface area contributed by atoms with Gasteiger partial charge in [0.1, 0.15) is 0 Å². The largest absolute Gasteiger partial charge is 0.394 e. The zero-order valence-corrected chi connectivity index (χ0v) is 57.3. The average Bonchev–Trinajstić information content (AvgIpc) is 3.40. The number of halogens is 3. The van der Waals surface area contributed by atoms with Gasteiger partial charge in [0.05, 0.1) is 5.41 Å². The molecule has 0 radical (unpaired) electrons. The van der Waals surface area contributed by atoms with Crippen molar-refractivity contribution in [2.75, 3.05) is 0 Å². The SMILES string of the molecule is CC[Si](C)(CC)CC.Cc1ccc(C(C)(C)C)cc1.Cc1ccc(C(C)C)cc1.Cc1ccc(C)cc1.Cc1ccc(CC(C)(C)C(F)(F)F)cc1.Cc1ccc(CC(C)(C)C)cc1.Cc1ccc(CC(C)C)cc1.Cc1ccccc1. The van der Waals surface area contributed by atoms with Crippen molar-refractivity contribution in [1.29, 1.82) is 0 Å². The van der Waals surface area contributed by atoms with E-state index in [4.69, 9.17) is 0 Å². The second-order valence-corrected chi connectivity index (χ2v) is 32.5. The van der Waals surface area contributed by atoms with E-state index in [0.29, 0.717) is 11.3 Å². The van der Waals surface area contributed by atoms with Gasteiger partial charge in [-0.05, 0) is 125 Å². The quantitative estimate of drug-likeness (QED) is 0.126. The molecule has 0 N–H and O–H groups in total. The molecule has 0 saturated heterocycles. The van der Waals surface area contributed by atoms with Crippen molar-refractivity contribution >= 4 is 8.07 Å². The van der Waals surface area contributed by atoms with E-state index in [2.05, 4.69) is 278 Å². The van der Waals surface area contributed by atoms with Crippen LogP contribution in [0.1, 0.15) is 182 Å². The Morgan fingerprint density at radius 3 is 0.890 bits per heavy atom. The highest BCUT2D eigenvalue weighted by atomic mass is 28.3. The Morgan fingerprint density at radius 1 is 0.366 bits per heavy atom. The molecule has 0 fully saturated rings. The summed E-state index contributed by atoms with van der Waals surface area (Å²) in [7, 11) is -0.671. The molecule has 0 aliphatic heterocycles. The summed E-state index contributed by atoms with van der Waals surface area (Å²) in [5, 5.41) is 0. The highest BCUT2D eigenvalue weighted by Crippen LogP contribution is 2.40. The molecule has 0 amide bonds. The van der Waals surface area contributed by atoms with Gasteiger partial charge in [-0.2, -0.15) is 13.2 Å². The first kappa shape index (κ1) is 76.5. The van der Waals surface area contributed by atoms with Crippen LogP contribution in [0, 0.1) is 72.1 Å². The van der Waals surface area contributed by atoms with Crippen LogP contribution in [-0.2, 0) is 24.7 Å². The summed E-state index contributed by atoms with van der Waals surface area (Å²) in [5.74, 6) is 1.42. The molecule has 0 nitrogen and oxygen atoms in total. The summed E-state index contributed by atoms with van der Waals surface area (Å²) in [4.78, 5) is 0. The highest BCUT2D eigenvalue weighted by molar-refractivity contribution is 6.78. The molecule has 0 aliphatic carbocycles. The van der Waals surface area contributed by atoms with Gasteiger partial charge in [-0.25, -0.2) is 0 Å². The third-order valence-electron chi connectivity index (χ3n) is 14.5. The lowest BCUT2D eigenvalue weighted by atomic mass is 9.85. The normalized spacial score (nSPS) is 11.1. The molecule has 0 heterocycles. The van der Waals surface area contributed by atoms with E-state index in [1.165, 1.54) is 99.6 Å². The van der Waals surface area contributed by atoms with Crippen LogP contribution in [0.5, 0.6) is 0 Å². The van der Waals surface area contributed by atoms with Gasteiger partial charge in [0, 0.05) is 8.07 Å². The minimum absolute atomic E-state index is 0.0246. The Morgan fingerprint density at radius 2 is 0.646 bits per heavy atom. The van der Waals surface area contributed by atoms with Crippen molar-refractivity contribution in [3.8, 4) is 0 Å². The van der Waals surface area contributed by atoms with Gasteiger partial charge in [-0.15, -0.1) is 0 Å². The Hall–Kier alpha value is -5.45. The summed E-state index contributed by atoms with van der Waals surface area (Å²) in [5.41, 5.74) is 15.9. The second kappa shape index (κ2) is 38.4. The first-order valence-electron chi connectivity index (χ1n) is 30.4. The van der Waals surface area contributed by atoms with Crippen LogP contribution in [0.3, 0.4) is 0 Å². The number of alkyl halides is 3. The fourth-order valence-electron chi connectivity index (χ4n) is 7.76. The predicted octanol–water partition coefficient (Wildman–Crippen LogP) is 24.7. The Bertz CT molecular complexity index is 2620. The first-order valence-corrected chi connectivity index (χ1v) is 33.5. The third kappa shape index (κ3) is 36.9. The van der Waals surface area contributed by atoms with E-state index < -0.39 is 19.7 Å². The maximum Gasteiger partial charge on any atom is 0.394 e. The summed E-state index contributed by atoms with van der Waals surface area (Å²) in [6.07, 6.45) is -1.78. The topological polar surface area (TPSA) is 0 Å². The monoisotopic (exact) mass is 1140 g/mol. The second-order valence-electron chi connectivity index (χ2n) is 26.7. The fraction of sp³-hybridized carbons (Fsp3) is 0.462. The molecule has 0 saturated carbocycles. The van der Waals surface area contributed by atoms with E-state index in [-0.39, 0.29) is 11.8 Å². The van der Waals surface area contributed by atoms with Crippen molar-refractivity contribution in [3.05, 3.63) is 248 Å². The van der Waals surface area contributed by atoms with Gasteiger partial charge in [0.15, 0.2) is 0 Å². The summed E-state index contributed by atoms with van der Waals surface area (Å²) in [6, 6.07) is 65.3. The lowest BCUT2D eigenvalue weighted by Crippen LogP contribution is -2.34. The standard InChI is InChI=1S/C12H15F3.C12H18.2C11H16.C10H14.C8H10.C7H18Si.C7H8/c1-9-4-6-10(7-5-9)8-11(2,3)12(13,14)15;1-10-5-7-11(8-6-10)9-12(2,3)4;1-9-5-7-10(8-6-9)11(2,3)4;1-9(2)8-11-6-4-10(3)5-7-11;1-8(2)10-6-4-9(3)5-7-10;1-7-3-5-8(2)6-4-7;1-5-8(4,6-2)7-3;1-7-5-3-2-4-6-7/h4-7H,8H2,1-3H3;5-8H,9H2,1-4H3;5-8H,1-4H3;4-7,9H,8H2,1-3H3;4-8H,1-3H3;3-6H,1-2H3;5-7H2,1-4H3;2-6H,1H3. The smallest absolute Gasteiger partial charge is 0.171 e. The van der Waals surface area contributed by atoms with E-state index in [1.807, 2.05) is 37.3 Å². The summed E-state index contributed by atoms with van der Waals surface area (Å²) < 4.78 is 37.8. The molecule has 0 unspecified atom stereocenters. The van der Waals surface area contributed by atoms with E-state index in [0.717, 1.165) is 23.5 Å². The van der Waals surface area contributed by atoms with Crippen LogP contribution in [-0.4, -0.2) is 14.3 Å². The van der Waals surface area contributed by atoms with Crippen LogP contribution in [0.2, 0.25) is 24.7 Å². The molecule has 0 aliphatic rings. The maximum absolute atomic E-state index is 12.6. The minimum atomic E-state index is -4.15. The van der Waals surface area contributed by atoms with E-state index in [9.17, 15) is 13.2 Å². The van der Waals surface area contributed by atoms with Crippen LogP contribution in [0.25, 0.3) is 0 Å². The van der Waals surface area contributed by atoms with Crippen molar-refractivity contribution in [3.63, 3.8) is 0 Å². The number of hydrogen-bond acceptors (Lipinski definition) is 0. The average molecular weight is 1140 g/mol. The molecule has 0 aromatic heterocycles. The lowest BCUT2D eigenvalue weighted by molar-refractivity contribution is -0.211. The number of benzene rings is 7. The van der Waals surface area contributed by atoms with Crippen molar-refractivity contribution in [1.82, 2.24) is 0 Å². The Labute approximate surface area is 504 Å². The maximum atomic E-state index is 12.6. The number of rotatable bonds is 9. The molecule has 452 valence electrons. The lowest BCUT2D eigenvalue weighted by Gasteiger charge is -2.27. The van der Waals surface area contributed by atoms with Crippen molar-refractivity contribution in [2.45, 2.75) is 221 Å². The molecule has 7 rings (SSSR count). The van der Waals surface area contributed by atoms with Gasteiger partial charge in [0.2, 0.25) is 0 Å². The molecule has 0 spiro atoms. The Balaban J connectivity index is 0.000000923. The first-order chi connectivity index (χ1) is 37.9. The molecular weight excluding hydrogens is 1020 g/mol. The minimum Gasteiger partial charge on any atom is -0.171 e. The van der Waals surface area contributed by atoms with Gasteiger partial charge in [0.25, 0.3) is 0 Å². The molecule has 4 heteroatoms.